The third kappa shape index (κ3) is 4.15. The molecule has 0 aliphatic rings. The smallest absolute Gasteiger partial charge is 0.278 e. The maximum atomic E-state index is 13.4. The van der Waals surface area contributed by atoms with Gasteiger partial charge in [-0.1, -0.05) is 0 Å². The van der Waals surface area contributed by atoms with Crippen LogP contribution in [0.5, 0.6) is 5.75 Å². The van der Waals surface area contributed by atoms with E-state index in [4.69, 9.17) is 4.74 Å². The number of aromatic nitrogens is 3. The van der Waals surface area contributed by atoms with Crippen LogP contribution in [0.15, 0.2) is 52.2 Å². The van der Waals surface area contributed by atoms with E-state index in [1.54, 1.807) is 47.7 Å². The fraction of sp³-hybridized carbons (Fsp3) is 0.190. The molecule has 172 valence electrons. The van der Waals surface area contributed by atoms with Crippen LogP contribution in [0.3, 0.4) is 0 Å². The Balaban J connectivity index is 1.94. The predicted molar refractivity (Wildman–Crippen MR) is 124 cm³/mol. The van der Waals surface area contributed by atoms with Crippen LogP contribution in [-0.4, -0.2) is 47.3 Å². The van der Waals surface area contributed by atoms with Gasteiger partial charge in [0.15, 0.2) is 15.5 Å². The third-order valence-corrected chi connectivity index (χ3v) is 7.41. The number of methoxy groups -OCH3 is 1. The van der Waals surface area contributed by atoms with Gasteiger partial charge in [0, 0.05) is 18.6 Å². The quantitative estimate of drug-likeness (QED) is 0.301. The molecule has 0 saturated carbocycles. The van der Waals surface area contributed by atoms with E-state index >= 15 is 0 Å². The molecule has 1 aromatic carbocycles. The Bertz CT molecular complexity index is 1410. The fourth-order valence-corrected chi connectivity index (χ4v) is 5.57. The number of carbonyl (C=O) groups is 1. The van der Waals surface area contributed by atoms with Crippen molar-refractivity contribution in [2.45, 2.75) is 11.8 Å². The highest BCUT2D eigenvalue weighted by atomic mass is 32.2. The average molecular weight is 488 g/mol. The number of rotatable bonds is 7. The van der Waals surface area contributed by atoms with Gasteiger partial charge >= 0.3 is 0 Å². The second-order valence-corrected chi connectivity index (χ2v) is 9.94. The molecule has 12 heteroatoms. The average Bonchev–Trinajstić information content (AvgIpc) is 3.45. The zero-order chi connectivity index (χ0) is 23.8. The normalized spacial score (nSPS) is 11.5. The maximum absolute atomic E-state index is 13.4. The second-order valence-electron chi connectivity index (χ2n) is 7.20. The SMILES string of the molecule is COc1ccc(S(=O)(=O)CN(c2ccsc2)c2c(C(=O)NO)cnc3c2c(C)nn3C)cc1. The van der Waals surface area contributed by atoms with Crippen LogP contribution >= 0.6 is 11.3 Å². The van der Waals surface area contributed by atoms with E-state index in [0.29, 0.717) is 28.2 Å². The van der Waals surface area contributed by atoms with Crippen LogP contribution in [0.2, 0.25) is 0 Å². The van der Waals surface area contributed by atoms with Crippen molar-refractivity contribution in [2.75, 3.05) is 17.9 Å². The lowest BCUT2D eigenvalue weighted by Gasteiger charge is -2.26. The lowest BCUT2D eigenvalue weighted by molar-refractivity contribution is 0.0707. The number of benzene rings is 1. The third-order valence-electron chi connectivity index (χ3n) is 5.15. The van der Waals surface area contributed by atoms with Crippen molar-refractivity contribution < 1.29 is 23.2 Å². The van der Waals surface area contributed by atoms with Crippen LogP contribution in [0, 0.1) is 6.92 Å². The molecule has 1 amide bonds. The van der Waals surface area contributed by atoms with Crippen LogP contribution in [0.25, 0.3) is 11.0 Å². The van der Waals surface area contributed by atoms with Crippen molar-refractivity contribution in [3.05, 3.63) is 58.5 Å². The molecule has 0 radical (unpaired) electrons. The molecule has 0 atom stereocenters. The van der Waals surface area contributed by atoms with E-state index < -0.39 is 21.6 Å². The number of ether oxygens (including phenoxy) is 1. The number of fused-ring (bicyclic) bond motifs is 1. The van der Waals surface area contributed by atoms with Crippen LogP contribution in [0.1, 0.15) is 16.1 Å². The summed E-state index contributed by atoms with van der Waals surface area (Å²) in [5, 5.41) is 17.8. The van der Waals surface area contributed by atoms with Gasteiger partial charge in [0.05, 0.1) is 40.0 Å². The summed E-state index contributed by atoms with van der Waals surface area (Å²) in [6.07, 6.45) is 1.30. The van der Waals surface area contributed by atoms with Gasteiger partial charge in [0.2, 0.25) is 0 Å². The van der Waals surface area contributed by atoms with Gasteiger partial charge < -0.3 is 9.64 Å². The number of pyridine rings is 1. The summed E-state index contributed by atoms with van der Waals surface area (Å²) >= 11 is 1.38. The Labute approximate surface area is 193 Å². The maximum Gasteiger partial charge on any atom is 0.278 e. The van der Waals surface area contributed by atoms with E-state index in [1.807, 2.05) is 5.38 Å². The van der Waals surface area contributed by atoms with E-state index in [0.717, 1.165) is 0 Å². The summed E-state index contributed by atoms with van der Waals surface area (Å²) in [7, 11) is -0.640. The molecule has 0 bridgehead atoms. The molecule has 3 aromatic heterocycles. The largest absolute Gasteiger partial charge is 0.497 e. The van der Waals surface area contributed by atoms with Gasteiger partial charge in [0.25, 0.3) is 5.91 Å². The Morgan fingerprint density at radius 1 is 1.27 bits per heavy atom. The fourth-order valence-electron chi connectivity index (χ4n) is 3.61. The highest BCUT2D eigenvalue weighted by Gasteiger charge is 2.29. The molecule has 4 rings (SSSR count). The number of amides is 1. The van der Waals surface area contributed by atoms with Gasteiger partial charge in [-0.05, 0) is 42.6 Å². The van der Waals surface area contributed by atoms with Crippen LogP contribution in [0.4, 0.5) is 11.4 Å². The molecule has 0 fully saturated rings. The number of anilines is 2. The Hall–Kier alpha value is -3.48. The number of sulfone groups is 1. The van der Waals surface area contributed by atoms with Gasteiger partial charge in [0.1, 0.15) is 11.6 Å². The topological polar surface area (TPSA) is 127 Å². The zero-order valence-electron chi connectivity index (χ0n) is 18.0. The summed E-state index contributed by atoms with van der Waals surface area (Å²) in [6, 6.07) is 7.84. The molecular formula is C21H21N5O5S2. The number of hydrogen-bond acceptors (Lipinski definition) is 9. The van der Waals surface area contributed by atoms with Crippen molar-refractivity contribution in [3.63, 3.8) is 0 Å². The minimum atomic E-state index is -3.85. The summed E-state index contributed by atoms with van der Waals surface area (Å²) in [4.78, 5) is 18.5. The number of nitrogens with zero attached hydrogens (tertiary/aromatic N) is 4. The first-order chi connectivity index (χ1) is 15.8. The number of aryl methyl sites for hydroxylation is 2. The molecule has 0 unspecified atom stereocenters. The lowest BCUT2D eigenvalue weighted by atomic mass is 10.1. The van der Waals surface area contributed by atoms with E-state index in [-0.39, 0.29) is 16.1 Å². The highest BCUT2D eigenvalue weighted by Crippen LogP contribution is 2.38. The van der Waals surface area contributed by atoms with Crippen molar-refractivity contribution in [1.29, 1.82) is 0 Å². The highest BCUT2D eigenvalue weighted by molar-refractivity contribution is 7.91. The van der Waals surface area contributed by atoms with E-state index in [9.17, 15) is 18.4 Å². The molecule has 0 spiro atoms. The predicted octanol–water partition coefficient (Wildman–Crippen LogP) is 3.04. The molecule has 33 heavy (non-hydrogen) atoms. The van der Waals surface area contributed by atoms with Crippen molar-refractivity contribution in [2.24, 2.45) is 7.05 Å². The number of carbonyl (C=O) groups excluding carboxylic acids is 1. The van der Waals surface area contributed by atoms with Gasteiger partial charge in [-0.3, -0.25) is 14.7 Å². The van der Waals surface area contributed by atoms with Gasteiger partial charge in [-0.15, -0.1) is 0 Å². The van der Waals surface area contributed by atoms with E-state index in [2.05, 4.69) is 10.1 Å². The van der Waals surface area contributed by atoms with Crippen molar-refractivity contribution >= 4 is 49.5 Å². The number of hydroxylamine groups is 1. The van der Waals surface area contributed by atoms with E-state index in [1.165, 1.54) is 41.7 Å². The van der Waals surface area contributed by atoms with Crippen LogP contribution < -0.4 is 15.1 Å². The van der Waals surface area contributed by atoms with Gasteiger partial charge in [-0.25, -0.2) is 18.9 Å². The van der Waals surface area contributed by atoms with Crippen molar-refractivity contribution in [1.82, 2.24) is 20.2 Å². The number of hydrogen-bond donors (Lipinski definition) is 2. The standard InChI is InChI=1S/C21H21N5O5S2/c1-13-18-19(17(21(27)24-28)10-22-20(18)25(2)23-13)26(14-8-9-32-11-14)12-33(29,30)16-6-4-15(31-3)5-7-16/h4-11,28H,12H2,1-3H3,(H,24,27). The molecular weight excluding hydrogens is 466 g/mol. The van der Waals surface area contributed by atoms with Crippen molar-refractivity contribution in [3.8, 4) is 5.75 Å². The Kier molecular flexibility index (Phi) is 6.06. The summed E-state index contributed by atoms with van der Waals surface area (Å²) in [5.74, 6) is -0.744. The second kappa shape index (κ2) is 8.81. The summed E-state index contributed by atoms with van der Waals surface area (Å²) in [5.41, 5.74) is 3.52. The monoisotopic (exact) mass is 487 g/mol. The molecule has 4 aromatic rings. The van der Waals surface area contributed by atoms with Gasteiger partial charge in [-0.2, -0.15) is 16.4 Å². The molecule has 0 saturated heterocycles. The minimum absolute atomic E-state index is 0.0113. The zero-order valence-corrected chi connectivity index (χ0v) is 19.6. The summed E-state index contributed by atoms with van der Waals surface area (Å²) in [6.45, 7) is 1.75. The molecule has 2 N–H and O–H groups in total. The first-order valence-corrected chi connectivity index (χ1v) is 12.3. The Morgan fingerprint density at radius 3 is 2.61 bits per heavy atom. The summed E-state index contributed by atoms with van der Waals surface area (Å²) < 4.78 is 33.5. The number of thiophene rings is 1. The van der Waals surface area contributed by atoms with Crippen LogP contribution in [-0.2, 0) is 16.9 Å². The molecule has 3 heterocycles. The molecule has 10 nitrogen and oxygen atoms in total. The first kappa shape index (κ1) is 22.7. The first-order valence-electron chi connectivity index (χ1n) is 9.70. The Morgan fingerprint density at radius 2 is 2.00 bits per heavy atom. The minimum Gasteiger partial charge on any atom is -0.497 e. The number of nitrogens with one attached hydrogen (secondary N) is 1. The molecule has 0 aliphatic carbocycles. The lowest BCUT2D eigenvalue weighted by Crippen LogP contribution is -2.29. The molecule has 0 aliphatic heterocycles.